The molecule has 5 heteroatoms. The Morgan fingerprint density at radius 1 is 1.26 bits per heavy atom. The fraction of sp³-hybridized carbons (Fsp3) is 0.444. The highest BCUT2D eigenvalue weighted by atomic mass is 35.5. The number of aliphatic carboxylic acids is 1. The number of carboxylic acids is 1. The minimum Gasteiger partial charge on any atom is -0.481 e. The van der Waals surface area contributed by atoms with E-state index in [-0.39, 0.29) is 17.9 Å². The van der Waals surface area contributed by atoms with E-state index >= 15 is 0 Å². The number of benzene rings is 1. The third kappa shape index (κ3) is 2.45. The zero-order valence-electron chi connectivity index (χ0n) is 13.2. The van der Waals surface area contributed by atoms with Gasteiger partial charge >= 0.3 is 5.97 Å². The lowest BCUT2D eigenvalue weighted by Gasteiger charge is -2.32. The Hall–Kier alpha value is -1.81. The molecular formula is C18H20ClNO3. The molecule has 4 nitrogen and oxygen atoms in total. The van der Waals surface area contributed by atoms with Crippen LogP contribution in [-0.2, 0) is 9.59 Å². The van der Waals surface area contributed by atoms with E-state index in [0.29, 0.717) is 10.7 Å². The summed E-state index contributed by atoms with van der Waals surface area (Å²) in [6.07, 6.45) is 3.64. The molecule has 3 rings (SSSR count). The van der Waals surface area contributed by atoms with Crippen LogP contribution in [0.25, 0.3) is 0 Å². The van der Waals surface area contributed by atoms with Gasteiger partial charge in [0.25, 0.3) is 0 Å². The van der Waals surface area contributed by atoms with Gasteiger partial charge < -0.3 is 10.0 Å². The Balaban J connectivity index is 2.12. The van der Waals surface area contributed by atoms with Crippen LogP contribution in [0.15, 0.2) is 35.9 Å². The Morgan fingerprint density at radius 2 is 1.91 bits per heavy atom. The maximum atomic E-state index is 13.0. The maximum absolute atomic E-state index is 13.0. The summed E-state index contributed by atoms with van der Waals surface area (Å²) in [7, 11) is 0. The highest BCUT2D eigenvalue weighted by Gasteiger charge is 2.57. The normalized spacial score (nSPS) is 29.6. The first-order chi connectivity index (χ1) is 11.0. The number of amides is 1. The molecule has 1 saturated heterocycles. The molecule has 1 aromatic rings. The van der Waals surface area contributed by atoms with Crippen LogP contribution in [0.1, 0.15) is 26.7 Å². The number of rotatable bonds is 4. The van der Waals surface area contributed by atoms with Gasteiger partial charge in [0.05, 0.1) is 17.9 Å². The van der Waals surface area contributed by atoms with Crippen LogP contribution in [0.2, 0.25) is 5.02 Å². The number of carboxylic acid groups (broad SMARTS) is 1. The molecule has 122 valence electrons. The lowest BCUT2D eigenvalue weighted by Crippen LogP contribution is -2.40. The minimum atomic E-state index is -0.887. The van der Waals surface area contributed by atoms with Gasteiger partial charge in [-0.25, -0.2) is 0 Å². The molecule has 2 bridgehead atoms. The Labute approximate surface area is 140 Å². The van der Waals surface area contributed by atoms with Gasteiger partial charge in [-0.05, 0) is 43.0 Å². The van der Waals surface area contributed by atoms with Gasteiger partial charge in [-0.1, -0.05) is 37.1 Å². The van der Waals surface area contributed by atoms with E-state index in [2.05, 4.69) is 6.08 Å². The van der Waals surface area contributed by atoms with E-state index in [1.807, 2.05) is 13.8 Å². The number of anilines is 1. The van der Waals surface area contributed by atoms with Crippen molar-refractivity contribution in [3.8, 4) is 0 Å². The van der Waals surface area contributed by atoms with Crippen molar-refractivity contribution in [2.45, 2.75) is 32.7 Å². The summed E-state index contributed by atoms with van der Waals surface area (Å²) in [5.41, 5.74) is 1.76. The van der Waals surface area contributed by atoms with Gasteiger partial charge in [-0.2, -0.15) is 0 Å². The Kier molecular flexibility index (Phi) is 4.19. The first-order valence-electron chi connectivity index (χ1n) is 8.01. The maximum Gasteiger partial charge on any atom is 0.309 e. The SMILES string of the molecule is CCC1=CC(CC)C2C(=O)N(c3ccc(Cl)cc3)C1C2C(=O)O. The number of nitrogens with zero attached hydrogens (tertiary/aromatic N) is 1. The second-order valence-corrected chi connectivity index (χ2v) is 6.62. The van der Waals surface area contributed by atoms with E-state index in [9.17, 15) is 14.7 Å². The average molecular weight is 334 g/mol. The van der Waals surface area contributed by atoms with Crippen molar-refractivity contribution >= 4 is 29.2 Å². The van der Waals surface area contributed by atoms with E-state index in [4.69, 9.17) is 11.6 Å². The average Bonchev–Trinajstić information content (AvgIpc) is 2.78. The van der Waals surface area contributed by atoms with Crippen molar-refractivity contribution in [3.05, 3.63) is 40.9 Å². The van der Waals surface area contributed by atoms with Crippen LogP contribution >= 0.6 is 11.6 Å². The van der Waals surface area contributed by atoms with Gasteiger partial charge in [-0.3, -0.25) is 9.59 Å². The molecule has 1 aliphatic heterocycles. The van der Waals surface area contributed by atoms with Gasteiger partial charge in [0.2, 0.25) is 5.91 Å². The number of carbonyl (C=O) groups excluding carboxylic acids is 1. The molecule has 1 aromatic carbocycles. The van der Waals surface area contributed by atoms with E-state index in [0.717, 1.165) is 18.4 Å². The Bertz CT molecular complexity index is 667. The topological polar surface area (TPSA) is 57.6 Å². The molecule has 1 N–H and O–H groups in total. The summed E-state index contributed by atoms with van der Waals surface area (Å²) in [6, 6.07) is 6.64. The van der Waals surface area contributed by atoms with Gasteiger partial charge in [0.1, 0.15) is 0 Å². The van der Waals surface area contributed by atoms with Crippen LogP contribution in [0.4, 0.5) is 5.69 Å². The van der Waals surface area contributed by atoms with Crippen molar-refractivity contribution in [2.75, 3.05) is 4.90 Å². The molecule has 0 aromatic heterocycles. The first-order valence-corrected chi connectivity index (χ1v) is 8.39. The summed E-state index contributed by atoms with van der Waals surface area (Å²) in [5, 5.41) is 10.3. The monoisotopic (exact) mass is 333 g/mol. The predicted molar refractivity (Wildman–Crippen MR) is 89.5 cm³/mol. The molecule has 2 aliphatic rings. The standard InChI is InChI=1S/C18H20ClNO3/c1-3-10-9-11(4-2)16-15(18(22)23)14(10)17(21)20(16)13-7-5-12(19)6-8-13/h5-10,14-16H,3-4H2,1-2H3,(H,22,23). The molecule has 0 saturated carbocycles. The van der Waals surface area contributed by atoms with Crippen LogP contribution in [0.5, 0.6) is 0 Å². The number of carbonyl (C=O) groups is 2. The summed E-state index contributed by atoms with van der Waals surface area (Å²) in [5.74, 6) is -2.14. The fourth-order valence-corrected chi connectivity index (χ4v) is 4.13. The van der Waals surface area contributed by atoms with Crippen molar-refractivity contribution < 1.29 is 14.7 Å². The number of allylic oxidation sites excluding steroid dienone is 1. The predicted octanol–water partition coefficient (Wildman–Crippen LogP) is 3.75. The van der Waals surface area contributed by atoms with Crippen LogP contribution in [0.3, 0.4) is 0 Å². The van der Waals surface area contributed by atoms with Crippen LogP contribution in [-0.4, -0.2) is 23.0 Å². The zero-order chi connectivity index (χ0) is 16.7. The fourth-order valence-electron chi connectivity index (χ4n) is 4.01. The number of halogens is 1. The third-order valence-electron chi connectivity index (χ3n) is 5.07. The second-order valence-electron chi connectivity index (χ2n) is 6.19. The van der Waals surface area contributed by atoms with Crippen molar-refractivity contribution in [3.63, 3.8) is 0 Å². The quantitative estimate of drug-likeness (QED) is 0.854. The van der Waals surface area contributed by atoms with Crippen molar-refractivity contribution in [1.82, 2.24) is 0 Å². The largest absolute Gasteiger partial charge is 0.481 e. The molecule has 1 amide bonds. The number of hydrogen-bond donors (Lipinski definition) is 1. The molecule has 1 aliphatic carbocycles. The Morgan fingerprint density at radius 3 is 2.43 bits per heavy atom. The smallest absolute Gasteiger partial charge is 0.309 e. The summed E-state index contributed by atoms with van der Waals surface area (Å²) in [6.45, 7) is 4.02. The molecule has 23 heavy (non-hydrogen) atoms. The molecule has 1 heterocycles. The lowest BCUT2D eigenvalue weighted by molar-refractivity contribution is -0.145. The minimum absolute atomic E-state index is 0.00731. The van der Waals surface area contributed by atoms with Gasteiger partial charge in [0, 0.05) is 10.7 Å². The van der Waals surface area contributed by atoms with E-state index in [1.165, 1.54) is 0 Å². The second kappa shape index (κ2) is 6.00. The van der Waals surface area contributed by atoms with E-state index in [1.54, 1.807) is 29.2 Å². The van der Waals surface area contributed by atoms with Crippen molar-refractivity contribution in [1.29, 1.82) is 0 Å². The van der Waals surface area contributed by atoms with Crippen LogP contribution < -0.4 is 4.90 Å². The summed E-state index contributed by atoms with van der Waals surface area (Å²) < 4.78 is 0. The zero-order valence-corrected chi connectivity index (χ0v) is 14.0. The molecule has 4 atom stereocenters. The first kappa shape index (κ1) is 16.1. The number of fused-ring (bicyclic) bond motifs is 2. The lowest BCUT2D eigenvalue weighted by atomic mass is 9.72. The van der Waals surface area contributed by atoms with E-state index < -0.39 is 17.8 Å². The highest BCUT2D eigenvalue weighted by Crippen LogP contribution is 2.48. The molecule has 1 fully saturated rings. The molecule has 0 spiro atoms. The molecular weight excluding hydrogens is 314 g/mol. The van der Waals surface area contributed by atoms with Crippen molar-refractivity contribution in [2.24, 2.45) is 17.8 Å². The summed E-state index contributed by atoms with van der Waals surface area (Å²) >= 11 is 5.94. The molecule has 4 unspecified atom stereocenters. The highest BCUT2D eigenvalue weighted by molar-refractivity contribution is 6.30. The van der Waals surface area contributed by atoms with Crippen LogP contribution in [0, 0.1) is 17.8 Å². The third-order valence-corrected chi connectivity index (χ3v) is 5.32. The van der Waals surface area contributed by atoms with Gasteiger partial charge in [0.15, 0.2) is 0 Å². The molecule has 0 radical (unpaired) electrons. The number of hydrogen-bond acceptors (Lipinski definition) is 2. The van der Waals surface area contributed by atoms with Gasteiger partial charge in [-0.15, -0.1) is 0 Å². The summed E-state index contributed by atoms with van der Waals surface area (Å²) in [4.78, 5) is 26.6.